The van der Waals surface area contributed by atoms with Crippen LogP contribution >= 0.6 is 11.3 Å². The summed E-state index contributed by atoms with van der Waals surface area (Å²) in [6, 6.07) is 9.25. The third-order valence-electron chi connectivity index (χ3n) is 5.86. The lowest BCUT2D eigenvalue weighted by atomic mass is 9.97. The lowest BCUT2D eigenvalue weighted by Crippen LogP contribution is -2.43. The molecule has 0 atom stereocenters. The molecule has 4 rings (SSSR count). The van der Waals surface area contributed by atoms with E-state index < -0.39 is 0 Å². The average molecular weight is 428 g/mol. The number of aromatic nitrogens is 1. The summed E-state index contributed by atoms with van der Waals surface area (Å²) in [6.45, 7) is 5.15. The zero-order chi connectivity index (χ0) is 20.8. The summed E-state index contributed by atoms with van der Waals surface area (Å²) in [5.74, 6) is 1.32. The number of nitrogens with zero attached hydrogens (tertiary/aromatic N) is 2. The first-order chi connectivity index (χ1) is 14.7. The quantitative estimate of drug-likeness (QED) is 0.395. The number of benzene rings is 1. The Balaban J connectivity index is 1.17. The highest BCUT2D eigenvalue weighted by atomic mass is 32.1. The zero-order valence-electron chi connectivity index (χ0n) is 17.5. The molecule has 0 bridgehead atoms. The van der Waals surface area contributed by atoms with Crippen LogP contribution in [-0.2, 0) is 13.0 Å². The van der Waals surface area contributed by atoms with Gasteiger partial charge in [-0.2, -0.15) is 0 Å². The van der Waals surface area contributed by atoms with E-state index in [1.54, 1.807) is 6.07 Å². The Labute approximate surface area is 181 Å². The number of aromatic amines is 1. The minimum absolute atomic E-state index is 0.212. The summed E-state index contributed by atoms with van der Waals surface area (Å²) in [4.78, 5) is 11.5. The van der Waals surface area contributed by atoms with Gasteiger partial charge in [0.2, 0.25) is 0 Å². The Bertz CT molecular complexity index is 957. The summed E-state index contributed by atoms with van der Waals surface area (Å²) in [6.07, 6.45) is 5.27. The van der Waals surface area contributed by atoms with E-state index in [-0.39, 0.29) is 5.82 Å². The molecule has 0 radical (unpaired) electrons. The van der Waals surface area contributed by atoms with Gasteiger partial charge in [-0.3, -0.25) is 9.89 Å². The number of halogens is 1. The molecule has 2 aromatic heterocycles. The van der Waals surface area contributed by atoms with E-state index in [0.717, 1.165) is 56.0 Å². The summed E-state index contributed by atoms with van der Waals surface area (Å²) < 4.78 is 13.3. The normalized spacial score (nSPS) is 16.3. The molecule has 7 heteroatoms. The van der Waals surface area contributed by atoms with E-state index in [1.165, 1.54) is 29.3 Å². The van der Waals surface area contributed by atoms with Gasteiger partial charge in [0.1, 0.15) is 5.82 Å². The fourth-order valence-electron chi connectivity index (χ4n) is 4.11. The second-order valence-electron chi connectivity index (χ2n) is 7.93. The van der Waals surface area contributed by atoms with Crippen molar-refractivity contribution in [3.05, 3.63) is 58.2 Å². The lowest BCUT2D eigenvalue weighted by Gasteiger charge is -2.32. The van der Waals surface area contributed by atoms with Crippen LogP contribution in [0.5, 0.6) is 0 Å². The lowest BCUT2D eigenvalue weighted by molar-refractivity contribution is 0.179. The Morgan fingerprint density at radius 1 is 1.27 bits per heavy atom. The molecule has 30 heavy (non-hydrogen) atoms. The SMILES string of the molecule is CN=C(NCCc1c[nH]c2cc(F)ccc12)NCC1CCN(Cc2cccs2)CC1. The molecule has 0 saturated carbocycles. The van der Waals surface area contributed by atoms with Gasteiger partial charge >= 0.3 is 0 Å². The number of H-pyrrole nitrogens is 1. The van der Waals surface area contributed by atoms with Crippen LogP contribution < -0.4 is 10.6 Å². The smallest absolute Gasteiger partial charge is 0.190 e. The van der Waals surface area contributed by atoms with Gasteiger partial charge in [0.25, 0.3) is 0 Å². The largest absolute Gasteiger partial charge is 0.361 e. The van der Waals surface area contributed by atoms with E-state index in [1.807, 2.05) is 30.6 Å². The number of nitrogens with one attached hydrogen (secondary N) is 3. The second kappa shape index (κ2) is 10.1. The molecule has 0 spiro atoms. The highest BCUT2D eigenvalue weighted by Crippen LogP contribution is 2.21. The van der Waals surface area contributed by atoms with Crippen LogP contribution in [0.3, 0.4) is 0 Å². The van der Waals surface area contributed by atoms with Crippen molar-refractivity contribution in [2.45, 2.75) is 25.8 Å². The van der Waals surface area contributed by atoms with Crippen molar-refractivity contribution in [2.24, 2.45) is 10.9 Å². The van der Waals surface area contributed by atoms with Gasteiger partial charge in [0.05, 0.1) is 0 Å². The first-order valence-corrected chi connectivity index (χ1v) is 11.5. The molecule has 3 aromatic rings. The summed E-state index contributed by atoms with van der Waals surface area (Å²) in [7, 11) is 1.81. The Kier molecular flexibility index (Phi) is 7.02. The number of guanidine groups is 1. The van der Waals surface area contributed by atoms with E-state index in [9.17, 15) is 4.39 Å². The number of hydrogen-bond acceptors (Lipinski definition) is 3. The van der Waals surface area contributed by atoms with Crippen LogP contribution in [0.25, 0.3) is 10.9 Å². The number of aliphatic imine (C=N–C) groups is 1. The molecule has 1 aliphatic rings. The maximum absolute atomic E-state index is 13.3. The standard InChI is InChI=1S/C23H30FN5S/c1-25-23(26-9-6-18-15-27-22-13-19(24)4-5-21(18)22)28-14-17-7-10-29(11-8-17)16-20-3-2-12-30-20/h2-5,12-13,15,17,27H,6-11,14,16H2,1H3,(H2,25,26,28). The molecule has 1 saturated heterocycles. The van der Waals surface area contributed by atoms with Crippen molar-refractivity contribution in [3.63, 3.8) is 0 Å². The molecular formula is C23H30FN5S. The van der Waals surface area contributed by atoms with E-state index in [0.29, 0.717) is 5.92 Å². The Morgan fingerprint density at radius 2 is 2.13 bits per heavy atom. The first-order valence-electron chi connectivity index (χ1n) is 10.7. The summed E-state index contributed by atoms with van der Waals surface area (Å²) in [5.41, 5.74) is 2.03. The fourth-order valence-corrected chi connectivity index (χ4v) is 4.86. The molecule has 1 aromatic carbocycles. The van der Waals surface area contributed by atoms with E-state index >= 15 is 0 Å². The van der Waals surface area contributed by atoms with Gasteiger partial charge < -0.3 is 15.6 Å². The Morgan fingerprint density at radius 3 is 2.90 bits per heavy atom. The van der Waals surface area contributed by atoms with Gasteiger partial charge in [-0.15, -0.1) is 11.3 Å². The van der Waals surface area contributed by atoms with Gasteiger partial charge in [0, 0.05) is 48.7 Å². The minimum atomic E-state index is -0.212. The highest BCUT2D eigenvalue weighted by molar-refractivity contribution is 7.09. The monoisotopic (exact) mass is 427 g/mol. The number of fused-ring (bicyclic) bond motifs is 1. The van der Waals surface area contributed by atoms with Crippen LogP contribution in [-0.4, -0.2) is 49.1 Å². The molecule has 0 amide bonds. The second-order valence-corrected chi connectivity index (χ2v) is 8.96. The fraction of sp³-hybridized carbons (Fsp3) is 0.435. The average Bonchev–Trinajstić information content (AvgIpc) is 3.41. The molecule has 5 nitrogen and oxygen atoms in total. The predicted molar refractivity (Wildman–Crippen MR) is 124 cm³/mol. The molecule has 160 valence electrons. The third kappa shape index (κ3) is 5.40. The molecular weight excluding hydrogens is 397 g/mol. The maximum Gasteiger partial charge on any atom is 0.190 e. The summed E-state index contributed by atoms with van der Waals surface area (Å²) in [5, 5.41) is 10.1. The number of likely N-dealkylation sites (tertiary alicyclic amines) is 1. The zero-order valence-corrected chi connectivity index (χ0v) is 18.3. The molecule has 1 fully saturated rings. The van der Waals surface area contributed by atoms with E-state index in [4.69, 9.17) is 0 Å². The molecule has 0 aliphatic carbocycles. The van der Waals surface area contributed by atoms with Crippen molar-refractivity contribution in [1.29, 1.82) is 0 Å². The topological polar surface area (TPSA) is 55.5 Å². The van der Waals surface area contributed by atoms with Crippen LogP contribution in [0.2, 0.25) is 0 Å². The van der Waals surface area contributed by atoms with Gasteiger partial charge in [-0.05, 0) is 73.5 Å². The number of rotatable bonds is 7. The van der Waals surface area contributed by atoms with Crippen molar-refractivity contribution in [1.82, 2.24) is 20.5 Å². The van der Waals surface area contributed by atoms with Crippen molar-refractivity contribution < 1.29 is 4.39 Å². The van der Waals surface area contributed by atoms with Crippen molar-refractivity contribution in [3.8, 4) is 0 Å². The Hall–Kier alpha value is -2.38. The number of hydrogen-bond donors (Lipinski definition) is 3. The van der Waals surface area contributed by atoms with Gasteiger partial charge in [-0.25, -0.2) is 4.39 Å². The van der Waals surface area contributed by atoms with Gasteiger partial charge in [-0.1, -0.05) is 6.07 Å². The number of piperidine rings is 1. The summed E-state index contributed by atoms with van der Waals surface area (Å²) >= 11 is 1.85. The molecule has 3 heterocycles. The third-order valence-corrected chi connectivity index (χ3v) is 6.73. The van der Waals surface area contributed by atoms with Crippen molar-refractivity contribution in [2.75, 3.05) is 33.2 Å². The molecule has 1 aliphatic heterocycles. The highest BCUT2D eigenvalue weighted by Gasteiger charge is 2.19. The predicted octanol–water partition coefficient (Wildman–Crippen LogP) is 3.99. The van der Waals surface area contributed by atoms with Crippen LogP contribution in [0.1, 0.15) is 23.3 Å². The van der Waals surface area contributed by atoms with Gasteiger partial charge in [0.15, 0.2) is 5.96 Å². The molecule has 0 unspecified atom stereocenters. The maximum atomic E-state index is 13.3. The van der Waals surface area contributed by atoms with E-state index in [2.05, 4.69) is 43.0 Å². The van der Waals surface area contributed by atoms with Crippen LogP contribution in [0.4, 0.5) is 4.39 Å². The first kappa shape index (κ1) is 20.9. The van der Waals surface area contributed by atoms with Crippen LogP contribution in [0, 0.1) is 11.7 Å². The molecule has 3 N–H and O–H groups in total. The van der Waals surface area contributed by atoms with Crippen LogP contribution in [0.15, 0.2) is 46.9 Å². The minimum Gasteiger partial charge on any atom is -0.361 e. The number of thiophene rings is 1. The van der Waals surface area contributed by atoms with Crippen molar-refractivity contribution >= 4 is 28.2 Å².